The molecule has 2 rings (SSSR count). The number of nitrogens with one attached hydrogen (secondary N) is 1. The number of halogens is 1. The first-order valence-corrected chi connectivity index (χ1v) is 6.42. The standard InChI is InChI=1S/C11H17BrN4/c12-9-7-14-8-10(13)11(9)15-3-6-16-4-1-2-5-16/h7-8H,1-6,13H2,(H,14,15). The molecular weight excluding hydrogens is 268 g/mol. The van der Waals surface area contributed by atoms with E-state index >= 15 is 0 Å². The topological polar surface area (TPSA) is 54.2 Å². The van der Waals surface area contributed by atoms with Gasteiger partial charge < -0.3 is 16.0 Å². The molecule has 1 fully saturated rings. The summed E-state index contributed by atoms with van der Waals surface area (Å²) in [5.41, 5.74) is 7.49. The van der Waals surface area contributed by atoms with Gasteiger partial charge in [0.15, 0.2) is 0 Å². The molecule has 2 heterocycles. The van der Waals surface area contributed by atoms with Crippen molar-refractivity contribution in [3.8, 4) is 0 Å². The third kappa shape index (κ3) is 2.86. The van der Waals surface area contributed by atoms with Gasteiger partial charge in [-0.2, -0.15) is 0 Å². The smallest absolute Gasteiger partial charge is 0.0750 e. The van der Waals surface area contributed by atoms with Crippen LogP contribution in [0.3, 0.4) is 0 Å². The van der Waals surface area contributed by atoms with Crippen molar-refractivity contribution in [1.82, 2.24) is 9.88 Å². The van der Waals surface area contributed by atoms with E-state index in [1.165, 1.54) is 25.9 Å². The van der Waals surface area contributed by atoms with E-state index in [4.69, 9.17) is 5.73 Å². The predicted molar refractivity (Wildman–Crippen MR) is 70.5 cm³/mol. The number of anilines is 2. The van der Waals surface area contributed by atoms with Crippen LogP contribution in [0.5, 0.6) is 0 Å². The molecule has 0 unspecified atom stereocenters. The highest BCUT2D eigenvalue weighted by Gasteiger charge is 2.11. The van der Waals surface area contributed by atoms with E-state index in [1.807, 2.05) is 0 Å². The van der Waals surface area contributed by atoms with E-state index < -0.39 is 0 Å². The Kier molecular flexibility index (Phi) is 4.01. The summed E-state index contributed by atoms with van der Waals surface area (Å²) in [5.74, 6) is 0. The number of rotatable bonds is 4. The Bertz CT molecular complexity index is 330. The van der Waals surface area contributed by atoms with E-state index in [0.29, 0.717) is 5.69 Å². The van der Waals surface area contributed by atoms with Gasteiger partial charge in [0.25, 0.3) is 0 Å². The molecule has 1 saturated heterocycles. The van der Waals surface area contributed by atoms with Crippen molar-refractivity contribution in [2.75, 3.05) is 37.2 Å². The summed E-state index contributed by atoms with van der Waals surface area (Å²) in [6, 6.07) is 0. The van der Waals surface area contributed by atoms with Crippen LogP contribution in [0.15, 0.2) is 16.9 Å². The van der Waals surface area contributed by atoms with E-state index in [1.54, 1.807) is 12.4 Å². The van der Waals surface area contributed by atoms with Gasteiger partial charge in [0, 0.05) is 19.3 Å². The zero-order valence-corrected chi connectivity index (χ0v) is 10.8. The van der Waals surface area contributed by atoms with Crippen molar-refractivity contribution in [1.29, 1.82) is 0 Å². The van der Waals surface area contributed by atoms with Crippen molar-refractivity contribution in [2.24, 2.45) is 0 Å². The normalized spacial score (nSPS) is 16.6. The summed E-state index contributed by atoms with van der Waals surface area (Å²) in [7, 11) is 0. The summed E-state index contributed by atoms with van der Waals surface area (Å²) in [4.78, 5) is 6.48. The van der Waals surface area contributed by atoms with Crippen LogP contribution >= 0.6 is 15.9 Å². The molecule has 1 aromatic heterocycles. The number of hydrogen-bond donors (Lipinski definition) is 2. The van der Waals surface area contributed by atoms with Gasteiger partial charge >= 0.3 is 0 Å². The molecule has 0 aromatic carbocycles. The van der Waals surface area contributed by atoms with Crippen molar-refractivity contribution in [3.05, 3.63) is 16.9 Å². The number of hydrogen-bond acceptors (Lipinski definition) is 4. The predicted octanol–water partition coefficient (Wildman–Crippen LogP) is 1.93. The largest absolute Gasteiger partial charge is 0.396 e. The highest BCUT2D eigenvalue weighted by atomic mass is 79.9. The van der Waals surface area contributed by atoms with Crippen LogP contribution in [0.4, 0.5) is 11.4 Å². The Balaban J connectivity index is 1.84. The van der Waals surface area contributed by atoms with Gasteiger partial charge in [-0.15, -0.1) is 0 Å². The molecule has 0 aliphatic carbocycles. The van der Waals surface area contributed by atoms with Crippen LogP contribution in [0, 0.1) is 0 Å². The lowest BCUT2D eigenvalue weighted by Gasteiger charge is -2.16. The van der Waals surface area contributed by atoms with Crippen LogP contribution in [-0.2, 0) is 0 Å². The Labute approximate surface area is 104 Å². The molecule has 1 aliphatic heterocycles. The molecular formula is C11H17BrN4. The van der Waals surface area contributed by atoms with Crippen molar-refractivity contribution < 1.29 is 0 Å². The van der Waals surface area contributed by atoms with Crippen LogP contribution in [-0.4, -0.2) is 36.1 Å². The number of nitrogen functional groups attached to an aromatic ring is 1. The maximum absolute atomic E-state index is 5.85. The maximum Gasteiger partial charge on any atom is 0.0750 e. The molecule has 1 aromatic rings. The monoisotopic (exact) mass is 284 g/mol. The quantitative estimate of drug-likeness (QED) is 0.887. The van der Waals surface area contributed by atoms with Gasteiger partial charge in [0.1, 0.15) is 0 Å². The van der Waals surface area contributed by atoms with E-state index in [9.17, 15) is 0 Å². The fraction of sp³-hybridized carbons (Fsp3) is 0.545. The van der Waals surface area contributed by atoms with E-state index in [2.05, 4.69) is 31.1 Å². The van der Waals surface area contributed by atoms with Crippen LogP contribution in [0.1, 0.15) is 12.8 Å². The third-order valence-electron chi connectivity index (χ3n) is 2.86. The molecule has 1 aliphatic rings. The second kappa shape index (κ2) is 5.50. The average Bonchev–Trinajstić information content (AvgIpc) is 2.75. The van der Waals surface area contributed by atoms with E-state index in [-0.39, 0.29) is 0 Å². The van der Waals surface area contributed by atoms with Crippen molar-refractivity contribution in [3.63, 3.8) is 0 Å². The molecule has 0 saturated carbocycles. The van der Waals surface area contributed by atoms with E-state index in [0.717, 1.165) is 23.2 Å². The first-order valence-electron chi connectivity index (χ1n) is 5.62. The summed E-state index contributed by atoms with van der Waals surface area (Å²) >= 11 is 3.44. The van der Waals surface area contributed by atoms with Crippen molar-refractivity contribution in [2.45, 2.75) is 12.8 Å². The first-order chi connectivity index (χ1) is 7.77. The molecule has 88 valence electrons. The molecule has 4 nitrogen and oxygen atoms in total. The number of nitrogens with two attached hydrogens (primary N) is 1. The highest BCUT2D eigenvalue weighted by molar-refractivity contribution is 9.10. The third-order valence-corrected chi connectivity index (χ3v) is 3.46. The first kappa shape index (κ1) is 11.7. The zero-order valence-electron chi connectivity index (χ0n) is 9.25. The van der Waals surface area contributed by atoms with Gasteiger partial charge in [0.2, 0.25) is 0 Å². The highest BCUT2D eigenvalue weighted by Crippen LogP contribution is 2.26. The second-order valence-electron chi connectivity index (χ2n) is 4.06. The average molecular weight is 285 g/mol. The van der Waals surface area contributed by atoms with Gasteiger partial charge in [-0.05, 0) is 41.9 Å². The fourth-order valence-corrected chi connectivity index (χ4v) is 2.47. The number of aromatic nitrogens is 1. The zero-order chi connectivity index (χ0) is 11.4. The molecule has 0 radical (unpaired) electrons. The maximum atomic E-state index is 5.85. The van der Waals surface area contributed by atoms with Crippen molar-refractivity contribution >= 4 is 27.3 Å². The molecule has 16 heavy (non-hydrogen) atoms. The van der Waals surface area contributed by atoms with Crippen LogP contribution in [0.25, 0.3) is 0 Å². The number of likely N-dealkylation sites (tertiary alicyclic amines) is 1. The Morgan fingerprint density at radius 3 is 2.81 bits per heavy atom. The van der Waals surface area contributed by atoms with Gasteiger partial charge in [-0.1, -0.05) is 0 Å². The lowest BCUT2D eigenvalue weighted by molar-refractivity contribution is 0.352. The van der Waals surface area contributed by atoms with Gasteiger partial charge in [-0.3, -0.25) is 4.98 Å². The molecule has 5 heteroatoms. The Morgan fingerprint density at radius 2 is 2.12 bits per heavy atom. The van der Waals surface area contributed by atoms with Crippen LogP contribution < -0.4 is 11.1 Å². The molecule has 0 amide bonds. The lowest BCUT2D eigenvalue weighted by atomic mass is 10.3. The molecule has 0 atom stereocenters. The molecule has 3 N–H and O–H groups in total. The Hall–Kier alpha value is -0.810. The summed E-state index contributed by atoms with van der Waals surface area (Å²) < 4.78 is 0.925. The minimum absolute atomic E-state index is 0.691. The minimum atomic E-state index is 0.691. The summed E-state index contributed by atoms with van der Waals surface area (Å²) in [5, 5.41) is 3.35. The van der Waals surface area contributed by atoms with Crippen LogP contribution in [0.2, 0.25) is 0 Å². The fourth-order valence-electron chi connectivity index (χ4n) is 1.98. The summed E-state index contributed by atoms with van der Waals surface area (Å²) in [6.45, 7) is 4.46. The van der Waals surface area contributed by atoms with Gasteiger partial charge in [0.05, 0.1) is 22.0 Å². The minimum Gasteiger partial charge on any atom is -0.396 e. The lowest BCUT2D eigenvalue weighted by Crippen LogP contribution is -2.26. The Morgan fingerprint density at radius 1 is 1.38 bits per heavy atom. The molecule has 0 spiro atoms. The van der Waals surface area contributed by atoms with Gasteiger partial charge in [-0.25, -0.2) is 0 Å². The second-order valence-corrected chi connectivity index (χ2v) is 4.92. The SMILES string of the molecule is Nc1cncc(Br)c1NCCN1CCCC1. The number of pyridine rings is 1. The number of nitrogens with zero attached hydrogens (tertiary/aromatic N) is 2. The molecule has 0 bridgehead atoms. The summed E-state index contributed by atoms with van der Waals surface area (Å²) in [6.07, 6.45) is 6.10.